The minimum atomic E-state index is 0.0655. The molecular formula is C16H21BrN2OS. The van der Waals surface area contributed by atoms with Crippen LogP contribution in [0.5, 0.6) is 0 Å². The SMILES string of the molecule is Nc1ccc(Br)cc1SCC(=O)NCCC1=CCCCC1. The number of nitrogens with two attached hydrogens (primary N) is 1. The zero-order chi connectivity index (χ0) is 15.1. The molecule has 0 bridgehead atoms. The van der Waals surface area contributed by atoms with Gasteiger partial charge in [-0.05, 0) is 50.3 Å². The van der Waals surface area contributed by atoms with Gasteiger partial charge in [0.25, 0.3) is 0 Å². The highest BCUT2D eigenvalue weighted by atomic mass is 79.9. The minimum absolute atomic E-state index is 0.0655. The van der Waals surface area contributed by atoms with Gasteiger partial charge in [-0.15, -0.1) is 11.8 Å². The van der Waals surface area contributed by atoms with E-state index in [-0.39, 0.29) is 5.91 Å². The van der Waals surface area contributed by atoms with Gasteiger partial charge in [-0.25, -0.2) is 0 Å². The highest BCUT2D eigenvalue weighted by Gasteiger charge is 2.07. The number of hydrogen-bond donors (Lipinski definition) is 2. The molecule has 1 amide bonds. The predicted molar refractivity (Wildman–Crippen MR) is 93.5 cm³/mol. The molecule has 1 aromatic rings. The quantitative estimate of drug-likeness (QED) is 0.450. The predicted octanol–water partition coefficient (Wildman–Crippen LogP) is 4.13. The minimum Gasteiger partial charge on any atom is -0.398 e. The van der Waals surface area contributed by atoms with E-state index >= 15 is 0 Å². The van der Waals surface area contributed by atoms with Gasteiger partial charge in [-0.2, -0.15) is 0 Å². The topological polar surface area (TPSA) is 55.1 Å². The lowest BCUT2D eigenvalue weighted by Crippen LogP contribution is -2.26. The largest absolute Gasteiger partial charge is 0.398 e. The number of halogens is 1. The van der Waals surface area contributed by atoms with E-state index < -0.39 is 0 Å². The second-order valence-corrected chi connectivity index (χ2v) is 7.11. The van der Waals surface area contributed by atoms with Crippen LogP contribution in [-0.4, -0.2) is 18.2 Å². The van der Waals surface area contributed by atoms with Gasteiger partial charge in [0.1, 0.15) is 0 Å². The molecule has 0 aliphatic heterocycles. The molecule has 5 heteroatoms. The zero-order valence-corrected chi connectivity index (χ0v) is 14.4. The fraction of sp³-hybridized carbons (Fsp3) is 0.438. The van der Waals surface area contributed by atoms with Gasteiger partial charge in [0.05, 0.1) is 5.75 Å². The van der Waals surface area contributed by atoms with Crippen molar-refractivity contribution in [3.05, 3.63) is 34.3 Å². The van der Waals surface area contributed by atoms with Crippen molar-refractivity contribution in [1.29, 1.82) is 0 Å². The molecule has 1 aromatic carbocycles. The zero-order valence-electron chi connectivity index (χ0n) is 12.0. The van der Waals surface area contributed by atoms with E-state index in [1.54, 1.807) is 0 Å². The summed E-state index contributed by atoms with van der Waals surface area (Å²) in [6.45, 7) is 0.735. The summed E-state index contributed by atoms with van der Waals surface area (Å²) in [6, 6.07) is 5.69. The molecule has 21 heavy (non-hydrogen) atoms. The number of carbonyl (C=O) groups excluding carboxylic acids is 1. The second-order valence-electron chi connectivity index (χ2n) is 5.18. The van der Waals surface area contributed by atoms with Crippen LogP contribution in [0.25, 0.3) is 0 Å². The number of rotatable bonds is 6. The molecule has 0 fully saturated rings. The Kier molecular flexibility index (Phi) is 6.64. The van der Waals surface area contributed by atoms with Crippen molar-refractivity contribution >= 4 is 39.3 Å². The third kappa shape index (κ3) is 5.75. The lowest BCUT2D eigenvalue weighted by molar-refractivity contribution is -0.118. The molecule has 3 N–H and O–H groups in total. The maximum atomic E-state index is 11.9. The summed E-state index contributed by atoms with van der Waals surface area (Å²) in [7, 11) is 0. The maximum absolute atomic E-state index is 11.9. The van der Waals surface area contributed by atoms with E-state index in [1.807, 2.05) is 18.2 Å². The van der Waals surface area contributed by atoms with Crippen molar-refractivity contribution in [3.63, 3.8) is 0 Å². The molecule has 0 spiro atoms. The average molecular weight is 369 g/mol. The Morgan fingerprint density at radius 1 is 1.38 bits per heavy atom. The summed E-state index contributed by atoms with van der Waals surface area (Å²) in [5, 5.41) is 2.98. The van der Waals surface area contributed by atoms with Crippen LogP contribution in [0.15, 0.2) is 39.2 Å². The van der Waals surface area contributed by atoms with Crippen LogP contribution in [0.4, 0.5) is 5.69 Å². The van der Waals surface area contributed by atoms with Crippen LogP contribution in [0, 0.1) is 0 Å². The Morgan fingerprint density at radius 2 is 2.24 bits per heavy atom. The van der Waals surface area contributed by atoms with Crippen molar-refractivity contribution in [2.45, 2.75) is 37.0 Å². The number of allylic oxidation sites excluding steroid dienone is 1. The molecule has 2 rings (SSSR count). The first-order valence-corrected chi connectivity index (χ1v) is 9.05. The Bertz CT molecular complexity index is 531. The number of benzene rings is 1. The fourth-order valence-corrected chi connectivity index (χ4v) is 3.67. The third-order valence-electron chi connectivity index (χ3n) is 3.49. The van der Waals surface area contributed by atoms with Gasteiger partial charge in [0, 0.05) is 21.6 Å². The average Bonchev–Trinajstić information content (AvgIpc) is 2.49. The number of thioether (sulfide) groups is 1. The van der Waals surface area contributed by atoms with Crippen molar-refractivity contribution in [3.8, 4) is 0 Å². The highest BCUT2D eigenvalue weighted by molar-refractivity contribution is 9.10. The lowest BCUT2D eigenvalue weighted by Gasteiger charge is -2.13. The van der Waals surface area contributed by atoms with E-state index in [2.05, 4.69) is 27.3 Å². The standard InChI is InChI=1S/C16H21BrN2OS/c17-13-6-7-14(18)15(10-13)21-11-16(20)19-9-8-12-4-2-1-3-5-12/h4,6-7,10H,1-3,5,8-9,11,18H2,(H,19,20). The number of nitrogens with one attached hydrogen (secondary N) is 1. The van der Waals surface area contributed by atoms with E-state index in [1.165, 1.54) is 43.0 Å². The van der Waals surface area contributed by atoms with E-state index in [9.17, 15) is 4.79 Å². The Morgan fingerprint density at radius 3 is 3.00 bits per heavy atom. The smallest absolute Gasteiger partial charge is 0.230 e. The summed E-state index contributed by atoms with van der Waals surface area (Å²) in [5.74, 6) is 0.468. The Labute approximate surface area is 138 Å². The molecule has 1 aliphatic rings. The van der Waals surface area contributed by atoms with Crippen molar-refractivity contribution < 1.29 is 4.79 Å². The van der Waals surface area contributed by atoms with Gasteiger partial charge in [-0.3, -0.25) is 4.79 Å². The first-order chi connectivity index (χ1) is 10.1. The van der Waals surface area contributed by atoms with E-state index in [4.69, 9.17) is 5.73 Å². The molecule has 0 heterocycles. The van der Waals surface area contributed by atoms with Crippen LogP contribution in [-0.2, 0) is 4.79 Å². The molecule has 1 aliphatic carbocycles. The molecule has 0 aromatic heterocycles. The van der Waals surface area contributed by atoms with Crippen LogP contribution in [0.3, 0.4) is 0 Å². The summed E-state index contributed by atoms with van der Waals surface area (Å²) >= 11 is 4.89. The Balaban J connectivity index is 1.69. The van der Waals surface area contributed by atoms with Crippen LogP contribution in [0.2, 0.25) is 0 Å². The van der Waals surface area contributed by atoms with Crippen molar-refractivity contribution in [1.82, 2.24) is 5.32 Å². The van der Waals surface area contributed by atoms with Crippen LogP contribution >= 0.6 is 27.7 Å². The monoisotopic (exact) mass is 368 g/mol. The molecule has 0 atom stereocenters. The van der Waals surface area contributed by atoms with Gasteiger partial charge in [-0.1, -0.05) is 27.6 Å². The van der Waals surface area contributed by atoms with Gasteiger partial charge in [0.15, 0.2) is 0 Å². The van der Waals surface area contributed by atoms with Gasteiger partial charge in [0.2, 0.25) is 5.91 Å². The molecule has 3 nitrogen and oxygen atoms in total. The van der Waals surface area contributed by atoms with Crippen molar-refractivity contribution in [2.75, 3.05) is 18.0 Å². The molecule has 114 valence electrons. The fourth-order valence-electron chi connectivity index (χ4n) is 2.32. The summed E-state index contributed by atoms with van der Waals surface area (Å²) < 4.78 is 0.976. The molecule has 0 radical (unpaired) electrons. The number of nitrogen functional groups attached to an aromatic ring is 1. The van der Waals surface area contributed by atoms with Crippen LogP contribution in [0.1, 0.15) is 32.1 Å². The number of amides is 1. The highest BCUT2D eigenvalue weighted by Crippen LogP contribution is 2.28. The van der Waals surface area contributed by atoms with E-state index in [0.29, 0.717) is 11.4 Å². The second kappa shape index (κ2) is 8.49. The summed E-state index contributed by atoms with van der Waals surface area (Å²) in [4.78, 5) is 12.8. The van der Waals surface area contributed by atoms with Gasteiger partial charge < -0.3 is 11.1 Å². The van der Waals surface area contributed by atoms with Crippen LogP contribution < -0.4 is 11.1 Å². The van der Waals surface area contributed by atoms with E-state index in [0.717, 1.165) is 22.3 Å². The third-order valence-corrected chi connectivity index (χ3v) is 5.05. The Hall–Kier alpha value is -0.940. The molecule has 0 saturated heterocycles. The number of hydrogen-bond acceptors (Lipinski definition) is 3. The molecule has 0 saturated carbocycles. The summed E-state index contributed by atoms with van der Waals surface area (Å²) in [5.41, 5.74) is 8.10. The first kappa shape index (κ1) is 16.4. The number of anilines is 1. The molecular weight excluding hydrogens is 348 g/mol. The van der Waals surface area contributed by atoms with Gasteiger partial charge >= 0.3 is 0 Å². The normalized spacial score (nSPS) is 14.6. The number of carbonyl (C=O) groups is 1. The first-order valence-electron chi connectivity index (χ1n) is 7.27. The summed E-state index contributed by atoms with van der Waals surface area (Å²) in [6.07, 6.45) is 8.29. The van der Waals surface area contributed by atoms with Crippen molar-refractivity contribution in [2.24, 2.45) is 0 Å². The molecule has 0 unspecified atom stereocenters. The lowest BCUT2D eigenvalue weighted by atomic mass is 9.97. The maximum Gasteiger partial charge on any atom is 0.230 e.